The summed E-state index contributed by atoms with van der Waals surface area (Å²) in [4.78, 5) is 13.5. The second-order valence-corrected chi connectivity index (χ2v) is 9.06. The highest BCUT2D eigenvalue weighted by Gasteiger charge is 2.10. The van der Waals surface area contributed by atoms with E-state index in [0.29, 0.717) is 19.6 Å². The highest BCUT2D eigenvalue weighted by molar-refractivity contribution is 7.99. The number of aliphatic hydroxyl groups excluding tert-OH is 1. The van der Waals surface area contributed by atoms with Crippen molar-refractivity contribution in [3.05, 3.63) is 64.8 Å². The number of allylic oxidation sites excluding steroid dienone is 5. The summed E-state index contributed by atoms with van der Waals surface area (Å²) in [6, 6.07) is 7.75. The van der Waals surface area contributed by atoms with Crippen LogP contribution in [0.1, 0.15) is 63.7 Å². The molecule has 0 aromatic heterocycles. The summed E-state index contributed by atoms with van der Waals surface area (Å²) in [5.41, 5.74) is 4.96. The molecule has 0 aliphatic rings. The number of benzene rings is 1. The third-order valence-corrected chi connectivity index (χ3v) is 5.80. The zero-order valence-corrected chi connectivity index (χ0v) is 20.5. The van der Waals surface area contributed by atoms with Crippen molar-refractivity contribution in [2.45, 2.75) is 58.3 Å². The first-order valence-electron chi connectivity index (χ1n) is 11.2. The zero-order chi connectivity index (χ0) is 22.9. The van der Waals surface area contributed by atoms with Crippen LogP contribution >= 0.6 is 11.8 Å². The average molecular weight is 445 g/mol. The molecule has 31 heavy (non-hydrogen) atoms. The molecule has 0 saturated heterocycles. The molecule has 0 unspecified atom stereocenters. The molecule has 0 aliphatic heterocycles. The molecule has 1 amide bonds. The molecule has 1 rings (SSSR count). The molecule has 4 nitrogen and oxygen atoms in total. The first-order valence-corrected chi connectivity index (χ1v) is 12.2. The van der Waals surface area contributed by atoms with Crippen molar-refractivity contribution >= 4 is 17.7 Å². The van der Waals surface area contributed by atoms with E-state index in [1.165, 1.54) is 16.7 Å². The molecule has 0 bridgehead atoms. The molecule has 0 spiro atoms. The fourth-order valence-corrected chi connectivity index (χ4v) is 3.99. The van der Waals surface area contributed by atoms with Gasteiger partial charge in [-0.15, -0.1) is 11.8 Å². The van der Waals surface area contributed by atoms with Crippen molar-refractivity contribution in [3.8, 4) is 0 Å². The normalized spacial score (nSPS) is 12.0. The van der Waals surface area contributed by atoms with Crippen LogP contribution < -0.4 is 10.6 Å². The summed E-state index contributed by atoms with van der Waals surface area (Å²) in [5, 5.41) is 14.8. The Hall–Kier alpha value is -1.82. The van der Waals surface area contributed by atoms with Gasteiger partial charge in [0.05, 0.1) is 12.2 Å². The zero-order valence-electron chi connectivity index (χ0n) is 19.7. The molecule has 1 aromatic rings. The summed E-state index contributed by atoms with van der Waals surface area (Å²) in [6.45, 7) is 10.5. The molecule has 0 aliphatic carbocycles. The van der Waals surface area contributed by atoms with Crippen LogP contribution in [-0.2, 0) is 0 Å². The Morgan fingerprint density at radius 1 is 0.935 bits per heavy atom. The predicted octanol–water partition coefficient (Wildman–Crippen LogP) is 5.51. The minimum atomic E-state index is -0.0525. The first-order chi connectivity index (χ1) is 14.9. The molecule has 1 aromatic carbocycles. The first kappa shape index (κ1) is 27.2. The maximum atomic E-state index is 12.5. The van der Waals surface area contributed by atoms with Crippen LogP contribution in [0, 0.1) is 0 Å². The lowest BCUT2D eigenvalue weighted by atomic mass is 10.1. The molecule has 5 heteroatoms. The maximum Gasteiger partial charge on any atom is 0.252 e. The van der Waals surface area contributed by atoms with Gasteiger partial charge in [0.25, 0.3) is 5.91 Å². The molecule has 0 fully saturated rings. The van der Waals surface area contributed by atoms with Crippen LogP contribution in [0.15, 0.2) is 64.1 Å². The van der Waals surface area contributed by atoms with Gasteiger partial charge >= 0.3 is 0 Å². The largest absolute Gasteiger partial charge is 0.395 e. The van der Waals surface area contributed by atoms with Crippen molar-refractivity contribution in [1.29, 1.82) is 0 Å². The lowest BCUT2D eigenvalue weighted by molar-refractivity contribution is 0.0951. The lowest BCUT2D eigenvalue weighted by Crippen LogP contribution is -2.33. The van der Waals surface area contributed by atoms with Crippen LogP contribution in [0.3, 0.4) is 0 Å². The second kappa shape index (κ2) is 16.8. The Balaban J connectivity index is 2.44. The number of amides is 1. The van der Waals surface area contributed by atoms with Crippen molar-refractivity contribution < 1.29 is 9.90 Å². The number of thioether (sulfide) groups is 1. The highest BCUT2D eigenvalue weighted by Crippen LogP contribution is 2.23. The summed E-state index contributed by atoms with van der Waals surface area (Å²) >= 11 is 1.70. The topological polar surface area (TPSA) is 61.4 Å². The van der Waals surface area contributed by atoms with Gasteiger partial charge in [-0.1, -0.05) is 47.1 Å². The van der Waals surface area contributed by atoms with E-state index < -0.39 is 0 Å². The van der Waals surface area contributed by atoms with Gasteiger partial charge in [0.1, 0.15) is 0 Å². The molecule has 0 atom stereocenters. The molecule has 0 saturated carbocycles. The number of carbonyl (C=O) groups is 1. The smallest absolute Gasteiger partial charge is 0.252 e. The Kier molecular flexibility index (Phi) is 14.8. The van der Waals surface area contributed by atoms with E-state index in [2.05, 4.69) is 56.6 Å². The molecule has 0 radical (unpaired) electrons. The van der Waals surface area contributed by atoms with E-state index in [0.717, 1.165) is 41.9 Å². The van der Waals surface area contributed by atoms with Crippen molar-refractivity contribution in [3.63, 3.8) is 0 Å². The van der Waals surface area contributed by atoms with Crippen molar-refractivity contribution in [2.75, 3.05) is 32.0 Å². The van der Waals surface area contributed by atoms with Crippen molar-refractivity contribution in [2.24, 2.45) is 0 Å². The van der Waals surface area contributed by atoms with Gasteiger partial charge in [-0.05, 0) is 65.5 Å². The molecule has 0 heterocycles. The summed E-state index contributed by atoms with van der Waals surface area (Å²) in [5.74, 6) is 0.806. The van der Waals surface area contributed by atoms with Gasteiger partial charge < -0.3 is 15.7 Å². The summed E-state index contributed by atoms with van der Waals surface area (Å²) in [6.07, 6.45) is 11.3. The third kappa shape index (κ3) is 13.2. The monoisotopic (exact) mass is 444 g/mol. The highest BCUT2D eigenvalue weighted by atomic mass is 32.2. The molecular weight excluding hydrogens is 404 g/mol. The minimum Gasteiger partial charge on any atom is -0.395 e. The van der Waals surface area contributed by atoms with Gasteiger partial charge in [-0.3, -0.25) is 4.79 Å². The van der Waals surface area contributed by atoms with Crippen LogP contribution in [0.5, 0.6) is 0 Å². The SMILES string of the molecule is CC(C)=CCC/C(C)=C/CC/C(C)=C/CSc1ccccc1C(=O)NCCNCCO. The Morgan fingerprint density at radius 3 is 2.32 bits per heavy atom. The fourth-order valence-electron chi connectivity index (χ4n) is 2.96. The van der Waals surface area contributed by atoms with Gasteiger partial charge in [-0.2, -0.15) is 0 Å². The quantitative estimate of drug-likeness (QED) is 0.190. The maximum absolute atomic E-state index is 12.5. The van der Waals surface area contributed by atoms with Crippen LogP contribution in [0.2, 0.25) is 0 Å². The molecular formula is C26H40N2O2S. The Morgan fingerprint density at radius 2 is 1.61 bits per heavy atom. The number of hydrogen-bond donors (Lipinski definition) is 3. The Bertz CT molecular complexity index is 750. The van der Waals surface area contributed by atoms with E-state index in [9.17, 15) is 4.79 Å². The second-order valence-electron chi connectivity index (χ2n) is 8.00. The van der Waals surface area contributed by atoms with Crippen LogP contribution in [0.4, 0.5) is 0 Å². The number of hydrogen-bond acceptors (Lipinski definition) is 4. The average Bonchev–Trinajstić information content (AvgIpc) is 2.73. The minimum absolute atomic E-state index is 0.0525. The van der Waals surface area contributed by atoms with Gasteiger partial charge in [-0.25, -0.2) is 0 Å². The molecule has 172 valence electrons. The van der Waals surface area contributed by atoms with E-state index in [4.69, 9.17) is 5.11 Å². The van der Waals surface area contributed by atoms with Crippen LogP contribution in [-0.4, -0.2) is 43.0 Å². The Labute approximate surface area is 193 Å². The van der Waals surface area contributed by atoms with Gasteiger partial charge in [0.2, 0.25) is 0 Å². The predicted molar refractivity (Wildman–Crippen MR) is 135 cm³/mol. The third-order valence-electron chi connectivity index (χ3n) is 4.80. The fraction of sp³-hybridized carbons (Fsp3) is 0.500. The number of rotatable bonds is 15. The van der Waals surface area contributed by atoms with E-state index in [1.54, 1.807) is 11.8 Å². The molecule has 3 N–H and O–H groups in total. The van der Waals surface area contributed by atoms with Gasteiger partial charge in [0.15, 0.2) is 0 Å². The summed E-state index contributed by atoms with van der Waals surface area (Å²) in [7, 11) is 0. The van der Waals surface area contributed by atoms with Crippen molar-refractivity contribution in [1.82, 2.24) is 10.6 Å². The van der Waals surface area contributed by atoms with E-state index in [-0.39, 0.29) is 12.5 Å². The standard InChI is InChI=1S/C26H40N2O2S/c1-21(2)9-7-10-22(3)11-8-12-23(4)15-20-31-25-14-6-5-13-24(25)26(30)28-17-16-27-18-19-29/h5-6,9,11,13-15,27,29H,7-8,10,12,16-20H2,1-4H3,(H,28,30)/b22-11+,23-15+. The number of nitrogens with one attached hydrogen (secondary N) is 2. The number of aliphatic hydroxyl groups is 1. The lowest BCUT2D eigenvalue weighted by Gasteiger charge is -2.10. The van der Waals surface area contributed by atoms with Crippen LogP contribution in [0.25, 0.3) is 0 Å². The number of carbonyl (C=O) groups excluding carboxylic acids is 1. The van der Waals surface area contributed by atoms with Gasteiger partial charge in [0, 0.05) is 30.3 Å². The van der Waals surface area contributed by atoms with E-state index >= 15 is 0 Å². The summed E-state index contributed by atoms with van der Waals surface area (Å²) < 4.78 is 0. The van der Waals surface area contributed by atoms with E-state index in [1.807, 2.05) is 24.3 Å².